The first-order valence-corrected chi connectivity index (χ1v) is 16.6. The van der Waals surface area contributed by atoms with E-state index in [-0.39, 0.29) is 49.4 Å². The summed E-state index contributed by atoms with van der Waals surface area (Å²) in [6, 6.07) is 7.45. The van der Waals surface area contributed by atoms with Crippen LogP contribution in [0.25, 0.3) is 33.6 Å². The number of aromatic nitrogens is 4. The summed E-state index contributed by atoms with van der Waals surface area (Å²) in [5.74, 6) is -0.904. The quantitative estimate of drug-likeness (QED) is 0.250. The van der Waals surface area contributed by atoms with Crippen molar-refractivity contribution < 1.29 is 23.2 Å². The molecule has 5 heterocycles. The maximum Gasteiger partial charge on any atom is 0.254 e. The predicted molar refractivity (Wildman–Crippen MR) is 172 cm³/mol. The second kappa shape index (κ2) is 12.7. The zero-order valence-corrected chi connectivity index (χ0v) is 26.4. The monoisotopic (exact) mass is 646 g/mol. The molecule has 7 rings (SSSR count). The summed E-state index contributed by atoms with van der Waals surface area (Å²) in [4.78, 5) is 47.8. The van der Waals surface area contributed by atoms with Crippen LogP contribution < -0.4 is 21.7 Å². The molecular formula is C34H40F2N8O3. The molecule has 248 valence electrons. The summed E-state index contributed by atoms with van der Waals surface area (Å²) in [5.41, 5.74) is 8.28. The summed E-state index contributed by atoms with van der Waals surface area (Å²) >= 11 is 0. The Labute approximate surface area is 270 Å². The molecule has 2 bridgehead atoms. The van der Waals surface area contributed by atoms with Gasteiger partial charge in [-0.25, -0.2) is 18.7 Å². The first-order chi connectivity index (χ1) is 22.7. The van der Waals surface area contributed by atoms with Gasteiger partial charge in [0, 0.05) is 43.4 Å². The van der Waals surface area contributed by atoms with E-state index < -0.39 is 29.8 Å². The fraction of sp³-hybridized carbons (Fsp3) is 0.500. The Morgan fingerprint density at radius 3 is 2.79 bits per heavy atom. The molecule has 0 unspecified atom stereocenters. The molecule has 47 heavy (non-hydrogen) atoms. The van der Waals surface area contributed by atoms with Crippen molar-refractivity contribution in [2.75, 3.05) is 13.1 Å². The molecule has 5 atom stereocenters. The van der Waals surface area contributed by atoms with Gasteiger partial charge in [-0.05, 0) is 69.3 Å². The molecule has 1 aliphatic carbocycles. The normalized spacial score (nSPS) is 24.9. The van der Waals surface area contributed by atoms with E-state index in [4.69, 9.17) is 15.7 Å². The predicted octanol–water partition coefficient (Wildman–Crippen LogP) is 3.88. The van der Waals surface area contributed by atoms with Crippen LogP contribution in [-0.2, 0) is 22.7 Å². The second-order valence-electron chi connectivity index (χ2n) is 13.2. The minimum atomic E-state index is -1.23. The maximum atomic E-state index is 15.6. The molecule has 1 saturated carbocycles. The topological polar surface area (TPSA) is 149 Å². The van der Waals surface area contributed by atoms with Crippen molar-refractivity contribution in [3.8, 4) is 11.5 Å². The lowest BCUT2D eigenvalue weighted by molar-refractivity contribution is -0.123. The van der Waals surface area contributed by atoms with Crippen molar-refractivity contribution in [1.82, 2.24) is 35.1 Å². The molecule has 2 fully saturated rings. The Kier molecular flexibility index (Phi) is 8.41. The van der Waals surface area contributed by atoms with E-state index in [1.165, 1.54) is 12.1 Å². The van der Waals surface area contributed by atoms with Crippen molar-refractivity contribution >= 4 is 39.8 Å². The number of halogens is 2. The third kappa shape index (κ3) is 6.20. The molecule has 3 aliphatic rings. The van der Waals surface area contributed by atoms with Crippen molar-refractivity contribution in [2.24, 2.45) is 17.6 Å². The Morgan fingerprint density at radius 2 is 1.98 bits per heavy atom. The summed E-state index contributed by atoms with van der Waals surface area (Å²) < 4.78 is 33.9. The number of fused-ring (bicyclic) bond motifs is 3. The van der Waals surface area contributed by atoms with Crippen LogP contribution in [0.2, 0.25) is 0 Å². The third-order valence-corrected chi connectivity index (χ3v) is 9.89. The number of pyridine rings is 1. The van der Waals surface area contributed by atoms with Gasteiger partial charge in [-0.15, -0.1) is 0 Å². The lowest BCUT2D eigenvalue weighted by Gasteiger charge is -2.27. The number of imidazole rings is 1. The molecule has 0 spiro atoms. The number of nitrogens with two attached hydrogens (primary N) is 1. The second-order valence-corrected chi connectivity index (χ2v) is 13.2. The summed E-state index contributed by atoms with van der Waals surface area (Å²) in [5, 5.41) is 9.70. The smallest absolute Gasteiger partial charge is 0.254 e. The van der Waals surface area contributed by atoms with Gasteiger partial charge in [0.2, 0.25) is 11.8 Å². The Balaban J connectivity index is 1.31. The number of nitrogens with zero attached hydrogens (tertiary/aromatic N) is 4. The fourth-order valence-electron chi connectivity index (χ4n) is 7.11. The van der Waals surface area contributed by atoms with Crippen LogP contribution in [0.3, 0.4) is 0 Å². The van der Waals surface area contributed by atoms with E-state index in [0.717, 1.165) is 54.5 Å². The number of carbonyl (C=O) groups excluding carboxylic acids is 3. The molecule has 1 aromatic carbocycles. The van der Waals surface area contributed by atoms with Crippen molar-refractivity contribution in [2.45, 2.75) is 83.2 Å². The summed E-state index contributed by atoms with van der Waals surface area (Å²) in [6.07, 6.45) is 3.89. The van der Waals surface area contributed by atoms with Gasteiger partial charge >= 0.3 is 0 Å². The molecule has 1 saturated heterocycles. The zero-order chi connectivity index (χ0) is 32.8. The highest BCUT2D eigenvalue weighted by molar-refractivity contribution is 5.98. The molecular weight excluding hydrogens is 606 g/mol. The highest BCUT2D eigenvalue weighted by Gasteiger charge is 2.42. The van der Waals surface area contributed by atoms with Crippen LogP contribution >= 0.6 is 0 Å². The van der Waals surface area contributed by atoms with Crippen LogP contribution in [0.5, 0.6) is 0 Å². The average Bonchev–Trinajstić information content (AvgIpc) is 3.61. The van der Waals surface area contributed by atoms with Crippen LogP contribution in [0.1, 0.15) is 74.0 Å². The van der Waals surface area contributed by atoms with E-state index >= 15 is 4.39 Å². The minimum absolute atomic E-state index is 0.00309. The number of rotatable bonds is 6. The van der Waals surface area contributed by atoms with E-state index in [2.05, 4.69) is 20.5 Å². The number of amides is 3. The minimum Gasteiger partial charge on any atom is -0.370 e. The van der Waals surface area contributed by atoms with E-state index in [9.17, 15) is 18.8 Å². The maximum absolute atomic E-state index is 15.6. The molecule has 3 aromatic heterocycles. The standard InChI is InChI=1S/C34H40F2N8O3/c1-18-25-7-6-20-14-29(43(31(20)40-25)11-4-2-3-5-19-13-21(19)33(46)39-18)32-41-26-15-22(34(47)42-27-17-38-10-8-23(27)35)24(36)16-28(26)44(32)12-9-30(37)45/h6-7,14-16,18-19,21,23,27,38H,2-5,8-13,17H2,1H3,(H2,37,45)(H,39,46)(H,42,47)/t18-,19-,21-,23+,27+/m1/s1. The Morgan fingerprint density at radius 1 is 1.13 bits per heavy atom. The number of piperidine rings is 1. The van der Waals surface area contributed by atoms with E-state index in [0.29, 0.717) is 35.9 Å². The van der Waals surface area contributed by atoms with Crippen molar-refractivity contribution in [3.63, 3.8) is 0 Å². The van der Waals surface area contributed by atoms with Crippen LogP contribution in [0.4, 0.5) is 8.78 Å². The average molecular weight is 647 g/mol. The molecule has 13 heteroatoms. The fourth-order valence-corrected chi connectivity index (χ4v) is 7.11. The van der Waals surface area contributed by atoms with Gasteiger partial charge in [0.15, 0.2) is 5.82 Å². The largest absolute Gasteiger partial charge is 0.370 e. The Hall–Kier alpha value is -4.39. The number of aryl methyl sites for hydroxylation is 2. The molecule has 0 radical (unpaired) electrons. The molecule has 5 N–H and O–H groups in total. The molecule has 11 nitrogen and oxygen atoms in total. The van der Waals surface area contributed by atoms with E-state index in [1.807, 2.05) is 25.1 Å². The van der Waals surface area contributed by atoms with Crippen LogP contribution in [-0.4, -0.2) is 62.1 Å². The Bertz CT molecular complexity index is 1870. The first kappa shape index (κ1) is 31.2. The van der Waals surface area contributed by atoms with Gasteiger partial charge in [0.25, 0.3) is 5.91 Å². The van der Waals surface area contributed by atoms with Crippen molar-refractivity contribution in [1.29, 1.82) is 0 Å². The van der Waals surface area contributed by atoms with Crippen molar-refractivity contribution in [3.05, 3.63) is 47.4 Å². The van der Waals surface area contributed by atoms with Gasteiger partial charge in [-0.2, -0.15) is 0 Å². The van der Waals surface area contributed by atoms with Gasteiger partial charge in [-0.3, -0.25) is 14.4 Å². The number of benzene rings is 1. The highest BCUT2D eigenvalue weighted by atomic mass is 19.1. The van der Waals surface area contributed by atoms with Crippen LogP contribution in [0, 0.1) is 17.7 Å². The molecule has 3 amide bonds. The number of primary amides is 1. The number of hydrogen-bond acceptors (Lipinski definition) is 6. The lowest BCUT2D eigenvalue weighted by Crippen LogP contribution is -2.52. The van der Waals surface area contributed by atoms with Gasteiger partial charge in [0.1, 0.15) is 17.6 Å². The number of nitrogens with one attached hydrogen (secondary N) is 3. The summed E-state index contributed by atoms with van der Waals surface area (Å²) in [6.45, 7) is 3.52. The lowest BCUT2D eigenvalue weighted by atomic mass is 10.0. The SMILES string of the molecule is C[C@H]1NC(=O)[C@@H]2C[C@H]2CCCCCn2c(-c3nc4cc(C(=O)N[C@H]5CNCC[C@@H]5F)c(F)cc4n3CCC(N)=O)cc3ccc1nc32. The summed E-state index contributed by atoms with van der Waals surface area (Å²) in [7, 11) is 0. The van der Waals surface area contributed by atoms with Crippen LogP contribution in [0.15, 0.2) is 30.3 Å². The van der Waals surface area contributed by atoms with Gasteiger partial charge in [0.05, 0.1) is 40.1 Å². The first-order valence-electron chi connectivity index (χ1n) is 16.6. The van der Waals surface area contributed by atoms with E-state index in [1.54, 1.807) is 4.57 Å². The highest BCUT2D eigenvalue weighted by Crippen LogP contribution is 2.43. The number of carbonyl (C=O) groups is 3. The third-order valence-electron chi connectivity index (χ3n) is 9.89. The number of hydrogen-bond donors (Lipinski definition) is 4. The zero-order valence-electron chi connectivity index (χ0n) is 26.4. The number of alkyl halides is 1. The molecule has 4 aromatic rings. The van der Waals surface area contributed by atoms with Gasteiger partial charge < -0.3 is 30.8 Å². The molecule has 2 aliphatic heterocycles. The van der Waals surface area contributed by atoms with Gasteiger partial charge in [-0.1, -0.05) is 12.8 Å².